The zero-order chi connectivity index (χ0) is 19.4. The normalized spacial score (nSPS) is 11.6. The molecule has 2 heterocycles. The highest BCUT2D eigenvalue weighted by Crippen LogP contribution is 2.28. The van der Waals surface area contributed by atoms with E-state index in [1.54, 1.807) is 6.26 Å². The van der Waals surface area contributed by atoms with Crippen molar-refractivity contribution in [3.63, 3.8) is 0 Å². The van der Waals surface area contributed by atoms with Crippen molar-refractivity contribution in [2.45, 2.75) is 45.0 Å². The van der Waals surface area contributed by atoms with E-state index in [2.05, 4.69) is 10.2 Å². The topological polar surface area (TPSA) is 70.2 Å². The van der Waals surface area contributed by atoms with Crippen LogP contribution in [0.4, 0.5) is 0 Å². The number of ether oxygens (including phenoxy) is 1. The standard InChI is InChI=1S/C20H23N3O3S/c1-14-16(10-11-25-14)18-21-22-19(27-13-17(24)26-20(2,3)4)23(18)12-15-8-6-5-7-9-15/h5-11H,12-13H2,1-4H3. The lowest BCUT2D eigenvalue weighted by molar-refractivity contribution is -0.151. The van der Waals surface area contributed by atoms with E-state index >= 15 is 0 Å². The molecule has 0 saturated heterocycles. The van der Waals surface area contributed by atoms with Crippen molar-refractivity contribution in [2.75, 3.05) is 5.75 Å². The zero-order valence-electron chi connectivity index (χ0n) is 15.9. The monoisotopic (exact) mass is 385 g/mol. The Morgan fingerprint density at radius 1 is 1.19 bits per heavy atom. The van der Waals surface area contributed by atoms with E-state index in [4.69, 9.17) is 9.15 Å². The Morgan fingerprint density at radius 2 is 1.93 bits per heavy atom. The second kappa shape index (κ2) is 8.00. The van der Waals surface area contributed by atoms with Crippen molar-refractivity contribution in [1.82, 2.24) is 14.8 Å². The van der Waals surface area contributed by atoms with E-state index in [-0.39, 0.29) is 11.7 Å². The van der Waals surface area contributed by atoms with E-state index in [1.165, 1.54) is 11.8 Å². The number of esters is 1. The highest BCUT2D eigenvalue weighted by atomic mass is 32.2. The Morgan fingerprint density at radius 3 is 2.56 bits per heavy atom. The van der Waals surface area contributed by atoms with Crippen LogP contribution in [0.1, 0.15) is 32.1 Å². The van der Waals surface area contributed by atoms with Crippen LogP contribution in [0.2, 0.25) is 0 Å². The Hall–Kier alpha value is -2.54. The van der Waals surface area contributed by atoms with Crippen molar-refractivity contribution in [1.29, 1.82) is 0 Å². The lowest BCUT2D eigenvalue weighted by Gasteiger charge is -2.19. The number of nitrogens with zero attached hydrogens (tertiary/aromatic N) is 3. The lowest BCUT2D eigenvalue weighted by Crippen LogP contribution is -2.25. The number of hydrogen-bond donors (Lipinski definition) is 0. The molecule has 0 fully saturated rings. The fourth-order valence-corrected chi connectivity index (χ4v) is 3.33. The van der Waals surface area contributed by atoms with Gasteiger partial charge in [-0.2, -0.15) is 0 Å². The summed E-state index contributed by atoms with van der Waals surface area (Å²) in [5.74, 6) is 1.40. The number of furan rings is 1. The third-order valence-corrected chi connectivity index (χ3v) is 4.68. The van der Waals surface area contributed by atoms with Crippen LogP contribution < -0.4 is 0 Å². The molecule has 0 aliphatic carbocycles. The minimum atomic E-state index is -0.506. The second-order valence-corrected chi connectivity index (χ2v) is 8.09. The predicted octanol–water partition coefficient (Wildman–Crippen LogP) is 4.33. The van der Waals surface area contributed by atoms with Gasteiger partial charge < -0.3 is 9.15 Å². The molecule has 0 unspecified atom stereocenters. The van der Waals surface area contributed by atoms with Crippen LogP contribution in [-0.2, 0) is 16.1 Å². The van der Waals surface area contributed by atoms with Crippen molar-refractivity contribution in [3.05, 3.63) is 54.0 Å². The van der Waals surface area contributed by atoms with Gasteiger partial charge in [0.05, 0.1) is 24.1 Å². The molecule has 0 saturated carbocycles. The Labute approximate surface area is 162 Å². The molecule has 0 radical (unpaired) electrons. The molecule has 6 nitrogen and oxygen atoms in total. The van der Waals surface area contributed by atoms with Gasteiger partial charge in [0.1, 0.15) is 11.4 Å². The number of benzene rings is 1. The molecule has 7 heteroatoms. The molecular weight excluding hydrogens is 362 g/mol. The Kier molecular flexibility index (Phi) is 5.70. The van der Waals surface area contributed by atoms with E-state index < -0.39 is 5.60 Å². The van der Waals surface area contributed by atoms with Gasteiger partial charge in [-0.1, -0.05) is 42.1 Å². The fourth-order valence-electron chi connectivity index (χ4n) is 2.61. The molecule has 0 aliphatic rings. The SMILES string of the molecule is Cc1occc1-c1nnc(SCC(=O)OC(C)(C)C)n1Cc1ccccc1. The molecule has 2 aromatic heterocycles. The summed E-state index contributed by atoms with van der Waals surface area (Å²) in [6.45, 7) is 8.06. The summed E-state index contributed by atoms with van der Waals surface area (Å²) in [5.41, 5.74) is 1.51. The molecule has 0 spiro atoms. The summed E-state index contributed by atoms with van der Waals surface area (Å²) in [6.07, 6.45) is 1.64. The highest BCUT2D eigenvalue weighted by Gasteiger charge is 2.21. The first-order valence-corrected chi connectivity index (χ1v) is 9.68. The number of carbonyl (C=O) groups is 1. The summed E-state index contributed by atoms with van der Waals surface area (Å²) in [5, 5.41) is 9.32. The average molecular weight is 385 g/mol. The van der Waals surface area contributed by atoms with Crippen LogP contribution in [0.3, 0.4) is 0 Å². The van der Waals surface area contributed by atoms with E-state index in [9.17, 15) is 4.79 Å². The summed E-state index contributed by atoms with van der Waals surface area (Å²) >= 11 is 1.32. The highest BCUT2D eigenvalue weighted by molar-refractivity contribution is 7.99. The van der Waals surface area contributed by atoms with E-state index in [1.807, 2.05) is 68.7 Å². The number of carbonyl (C=O) groups excluding carboxylic acids is 1. The second-order valence-electron chi connectivity index (χ2n) is 7.14. The molecule has 0 bridgehead atoms. The average Bonchev–Trinajstić information content (AvgIpc) is 3.18. The maximum absolute atomic E-state index is 12.1. The third-order valence-electron chi connectivity index (χ3n) is 3.74. The van der Waals surface area contributed by atoms with Crippen LogP contribution in [-0.4, -0.2) is 32.1 Å². The van der Waals surface area contributed by atoms with Gasteiger partial charge in [0, 0.05) is 0 Å². The maximum Gasteiger partial charge on any atom is 0.316 e. The Bertz CT molecular complexity index is 910. The van der Waals surface area contributed by atoms with Crippen molar-refractivity contribution in [2.24, 2.45) is 0 Å². The third kappa shape index (κ3) is 5.01. The molecule has 1 aromatic carbocycles. The van der Waals surface area contributed by atoms with Gasteiger partial charge in [-0.15, -0.1) is 10.2 Å². The molecule has 3 rings (SSSR count). The van der Waals surface area contributed by atoms with E-state index in [0.29, 0.717) is 11.7 Å². The fraction of sp³-hybridized carbons (Fsp3) is 0.350. The van der Waals surface area contributed by atoms with Gasteiger partial charge in [-0.3, -0.25) is 9.36 Å². The minimum Gasteiger partial charge on any atom is -0.469 e. The number of hydrogen-bond acceptors (Lipinski definition) is 6. The molecule has 0 amide bonds. The first-order chi connectivity index (χ1) is 12.8. The zero-order valence-corrected chi connectivity index (χ0v) is 16.7. The van der Waals surface area contributed by atoms with Gasteiger partial charge in [0.2, 0.25) is 0 Å². The molecule has 27 heavy (non-hydrogen) atoms. The summed E-state index contributed by atoms with van der Waals surface area (Å²) in [6, 6.07) is 12.0. The molecule has 0 aliphatic heterocycles. The van der Waals surface area contributed by atoms with Gasteiger partial charge in [-0.25, -0.2) is 0 Å². The van der Waals surface area contributed by atoms with Crippen LogP contribution >= 0.6 is 11.8 Å². The number of aryl methyl sites for hydroxylation is 1. The van der Waals surface area contributed by atoms with Crippen LogP contribution in [0, 0.1) is 6.92 Å². The van der Waals surface area contributed by atoms with Gasteiger partial charge in [0.15, 0.2) is 11.0 Å². The number of rotatable bonds is 6. The summed E-state index contributed by atoms with van der Waals surface area (Å²) in [7, 11) is 0. The largest absolute Gasteiger partial charge is 0.469 e. The lowest BCUT2D eigenvalue weighted by atomic mass is 10.2. The number of aromatic nitrogens is 3. The summed E-state index contributed by atoms with van der Waals surface area (Å²) < 4.78 is 12.8. The van der Waals surface area contributed by atoms with Gasteiger partial charge >= 0.3 is 5.97 Å². The van der Waals surface area contributed by atoms with Crippen molar-refractivity contribution in [3.8, 4) is 11.4 Å². The first-order valence-electron chi connectivity index (χ1n) is 8.70. The molecule has 142 valence electrons. The smallest absolute Gasteiger partial charge is 0.316 e. The van der Waals surface area contributed by atoms with Crippen LogP contribution in [0.5, 0.6) is 0 Å². The minimum absolute atomic E-state index is 0.175. The van der Waals surface area contributed by atoms with E-state index in [0.717, 1.165) is 22.7 Å². The van der Waals surface area contributed by atoms with Gasteiger partial charge in [0.25, 0.3) is 0 Å². The van der Waals surface area contributed by atoms with Crippen molar-refractivity contribution >= 4 is 17.7 Å². The molecular formula is C20H23N3O3S. The summed E-state index contributed by atoms with van der Waals surface area (Å²) in [4.78, 5) is 12.1. The number of thioether (sulfide) groups is 1. The first kappa shape index (κ1) is 19.2. The van der Waals surface area contributed by atoms with Crippen molar-refractivity contribution < 1.29 is 13.9 Å². The molecule has 0 N–H and O–H groups in total. The molecule has 3 aromatic rings. The maximum atomic E-state index is 12.1. The molecule has 0 atom stereocenters. The Balaban J connectivity index is 1.86. The van der Waals surface area contributed by atoms with Crippen LogP contribution in [0.25, 0.3) is 11.4 Å². The quantitative estimate of drug-likeness (QED) is 0.465. The predicted molar refractivity (Wildman–Crippen MR) is 105 cm³/mol. The van der Waals surface area contributed by atoms with Gasteiger partial charge in [-0.05, 0) is 39.3 Å². The van der Waals surface area contributed by atoms with Crippen LogP contribution in [0.15, 0.2) is 52.2 Å².